The summed E-state index contributed by atoms with van der Waals surface area (Å²) in [5.74, 6) is 0.485. The van der Waals surface area contributed by atoms with Crippen molar-refractivity contribution >= 4 is 22.8 Å². The second-order valence-corrected chi connectivity index (χ2v) is 10.9. The van der Waals surface area contributed by atoms with Crippen LogP contribution in [0.5, 0.6) is 11.6 Å². The minimum atomic E-state index is -0.767. The third kappa shape index (κ3) is 5.90. The van der Waals surface area contributed by atoms with Crippen molar-refractivity contribution in [1.29, 1.82) is 0 Å². The van der Waals surface area contributed by atoms with Gasteiger partial charge in [0.15, 0.2) is 24.4 Å². The maximum absolute atomic E-state index is 15.0. The zero-order valence-electron chi connectivity index (χ0n) is 23.0. The van der Waals surface area contributed by atoms with Crippen molar-refractivity contribution in [2.24, 2.45) is 0 Å². The van der Waals surface area contributed by atoms with Gasteiger partial charge in [0.05, 0.1) is 41.7 Å². The molecule has 12 heteroatoms. The van der Waals surface area contributed by atoms with Crippen LogP contribution in [0, 0.1) is 5.82 Å². The third-order valence-corrected chi connectivity index (χ3v) is 8.25. The summed E-state index contributed by atoms with van der Waals surface area (Å²) < 4.78 is 37.3. The Hall–Kier alpha value is -3.61. The number of hydrogen-bond acceptors (Lipinski definition) is 11. The zero-order chi connectivity index (χ0) is 28.5. The number of halogens is 1. The van der Waals surface area contributed by atoms with Gasteiger partial charge in [-0.25, -0.2) is 19.2 Å². The van der Waals surface area contributed by atoms with Crippen molar-refractivity contribution in [3.63, 3.8) is 0 Å². The highest BCUT2D eigenvalue weighted by molar-refractivity contribution is 5.78. The fraction of sp³-hybridized carbons (Fsp3) is 0.517. The lowest BCUT2D eigenvalue weighted by Crippen LogP contribution is -2.61. The van der Waals surface area contributed by atoms with E-state index in [2.05, 4.69) is 25.6 Å². The first kappa shape index (κ1) is 27.6. The summed E-state index contributed by atoms with van der Waals surface area (Å²) in [5.41, 5.74) is 1.86. The number of aliphatic hydroxyl groups is 1. The minimum Gasteiger partial charge on any atom is -0.485 e. The molecule has 2 bridgehead atoms. The fourth-order valence-electron chi connectivity index (χ4n) is 5.85. The van der Waals surface area contributed by atoms with Gasteiger partial charge >= 0.3 is 5.97 Å². The molecule has 3 aromatic rings. The summed E-state index contributed by atoms with van der Waals surface area (Å²) in [6, 6.07) is 7.11. The van der Waals surface area contributed by atoms with E-state index in [1.807, 2.05) is 12.1 Å². The van der Waals surface area contributed by atoms with Crippen LogP contribution in [-0.4, -0.2) is 69.8 Å². The van der Waals surface area contributed by atoms with Crippen LogP contribution in [0.25, 0.3) is 11.0 Å². The molecule has 3 N–H and O–H groups in total. The normalized spacial score (nSPS) is 24.8. The number of rotatable bonds is 10. The second kappa shape index (κ2) is 11.3. The highest BCUT2D eigenvalue weighted by atomic mass is 19.1. The number of carbonyl (C=O) groups excluding carboxylic acids is 1. The molecule has 1 aliphatic carbocycles. The Balaban J connectivity index is 1.08. The Morgan fingerprint density at radius 3 is 2.85 bits per heavy atom. The van der Waals surface area contributed by atoms with Crippen molar-refractivity contribution in [1.82, 2.24) is 20.3 Å². The van der Waals surface area contributed by atoms with Gasteiger partial charge in [-0.2, -0.15) is 0 Å². The van der Waals surface area contributed by atoms with Crippen molar-refractivity contribution in [2.75, 3.05) is 31.7 Å². The van der Waals surface area contributed by atoms with Crippen molar-refractivity contribution in [3.05, 3.63) is 47.5 Å². The number of hydrogen-bond donors (Lipinski definition) is 3. The zero-order valence-corrected chi connectivity index (χ0v) is 23.0. The standard InChI is InChI=1S/C29H34FN5O6/c1-2-38-25(37)16-40-24-6-4-21-26(35-24)19(20(30)14-31-21)7-8-29-11-9-28(10-12-29,17-41-29)32-13-18-3-5-22-27(33-18)34-23(36)15-39-22/h3-6,14,23,32,36H,2,7-13,15-17H2,1H3,(H,33,34). The highest BCUT2D eigenvalue weighted by Crippen LogP contribution is 2.46. The summed E-state index contributed by atoms with van der Waals surface area (Å²) in [5, 5.41) is 16.4. The van der Waals surface area contributed by atoms with Crippen LogP contribution in [0.1, 0.15) is 50.3 Å². The molecule has 0 amide bonds. The smallest absolute Gasteiger partial charge is 0.344 e. The van der Waals surface area contributed by atoms with E-state index in [1.54, 1.807) is 19.1 Å². The molecule has 1 atom stereocenters. The maximum atomic E-state index is 15.0. The van der Waals surface area contributed by atoms with Crippen LogP contribution < -0.4 is 20.1 Å². The quantitative estimate of drug-likeness (QED) is 0.312. The van der Waals surface area contributed by atoms with Gasteiger partial charge in [0.1, 0.15) is 12.4 Å². The fourth-order valence-corrected chi connectivity index (χ4v) is 5.85. The number of ether oxygens (including phenoxy) is 4. The van der Waals surface area contributed by atoms with E-state index in [4.69, 9.17) is 18.9 Å². The number of fused-ring (bicyclic) bond motifs is 5. The Labute approximate surface area is 236 Å². The van der Waals surface area contributed by atoms with Gasteiger partial charge < -0.3 is 34.7 Å². The molecule has 11 nitrogen and oxygen atoms in total. The lowest BCUT2D eigenvalue weighted by molar-refractivity contribution is -0.165. The number of esters is 1. The molecule has 7 rings (SSSR count). The van der Waals surface area contributed by atoms with Crippen molar-refractivity contribution < 1.29 is 33.2 Å². The molecule has 3 aliphatic heterocycles. The molecular formula is C29H34FN5O6. The number of aromatic nitrogens is 3. The Morgan fingerprint density at radius 1 is 1.22 bits per heavy atom. The van der Waals surface area contributed by atoms with Gasteiger partial charge in [-0.05, 0) is 63.6 Å². The van der Waals surface area contributed by atoms with E-state index in [9.17, 15) is 9.90 Å². The molecule has 4 aliphatic rings. The van der Waals surface area contributed by atoms with Gasteiger partial charge in [-0.3, -0.25) is 4.98 Å². The first-order chi connectivity index (χ1) is 19.9. The lowest BCUT2D eigenvalue weighted by atomic mass is 9.69. The average Bonchev–Trinajstić information content (AvgIpc) is 2.99. The van der Waals surface area contributed by atoms with Crippen LogP contribution in [0.2, 0.25) is 0 Å². The molecule has 6 heterocycles. The van der Waals surface area contributed by atoms with E-state index in [-0.39, 0.29) is 36.8 Å². The molecule has 3 fully saturated rings. The molecule has 41 heavy (non-hydrogen) atoms. The first-order valence-corrected chi connectivity index (χ1v) is 14.0. The highest BCUT2D eigenvalue weighted by Gasteiger charge is 2.49. The van der Waals surface area contributed by atoms with Crippen LogP contribution >= 0.6 is 0 Å². The topological polar surface area (TPSA) is 137 Å². The molecular weight excluding hydrogens is 533 g/mol. The number of aryl methyl sites for hydroxylation is 1. The van der Waals surface area contributed by atoms with E-state index in [1.165, 1.54) is 6.20 Å². The van der Waals surface area contributed by atoms with E-state index >= 15 is 4.39 Å². The van der Waals surface area contributed by atoms with Gasteiger partial charge in [-0.1, -0.05) is 0 Å². The monoisotopic (exact) mass is 567 g/mol. The summed E-state index contributed by atoms with van der Waals surface area (Å²) in [4.78, 5) is 24.9. The summed E-state index contributed by atoms with van der Waals surface area (Å²) >= 11 is 0. The summed E-state index contributed by atoms with van der Waals surface area (Å²) in [6.45, 7) is 3.05. The number of anilines is 1. The molecule has 0 spiro atoms. The Morgan fingerprint density at radius 2 is 2.07 bits per heavy atom. The molecule has 0 radical (unpaired) electrons. The SMILES string of the molecule is CCOC(=O)COc1ccc2ncc(F)c(CCC34CCC(NCc5ccc6c(n5)NC(O)CO6)(CC3)CO4)c2n1. The predicted octanol–water partition coefficient (Wildman–Crippen LogP) is 3.03. The average molecular weight is 568 g/mol. The molecule has 218 valence electrons. The number of aliphatic hydroxyl groups excluding tert-OH is 1. The first-order valence-electron chi connectivity index (χ1n) is 14.0. The third-order valence-electron chi connectivity index (χ3n) is 8.25. The molecule has 1 saturated carbocycles. The number of nitrogens with zero attached hydrogens (tertiary/aromatic N) is 3. The predicted molar refractivity (Wildman–Crippen MR) is 146 cm³/mol. The van der Waals surface area contributed by atoms with Crippen LogP contribution in [-0.2, 0) is 27.2 Å². The van der Waals surface area contributed by atoms with Crippen LogP contribution in [0.4, 0.5) is 10.2 Å². The van der Waals surface area contributed by atoms with Gasteiger partial charge in [0.25, 0.3) is 0 Å². The summed E-state index contributed by atoms with van der Waals surface area (Å²) in [6.07, 6.45) is 5.19. The largest absolute Gasteiger partial charge is 0.485 e. The number of carbonyl (C=O) groups is 1. The molecule has 3 aromatic heterocycles. The number of pyridine rings is 3. The van der Waals surface area contributed by atoms with E-state index in [0.717, 1.165) is 31.4 Å². The maximum Gasteiger partial charge on any atom is 0.344 e. The van der Waals surface area contributed by atoms with Gasteiger partial charge in [0, 0.05) is 23.7 Å². The van der Waals surface area contributed by atoms with Crippen molar-refractivity contribution in [2.45, 2.75) is 69.4 Å². The van der Waals surface area contributed by atoms with E-state index in [0.29, 0.717) is 54.2 Å². The summed E-state index contributed by atoms with van der Waals surface area (Å²) in [7, 11) is 0. The minimum absolute atomic E-state index is 0.135. The van der Waals surface area contributed by atoms with Gasteiger partial charge in [-0.15, -0.1) is 0 Å². The molecule has 1 unspecified atom stereocenters. The molecule has 2 saturated heterocycles. The lowest BCUT2D eigenvalue weighted by Gasteiger charge is -2.53. The van der Waals surface area contributed by atoms with E-state index < -0.39 is 18.0 Å². The van der Waals surface area contributed by atoms with Gasteiger partial charge in [0.2, 0.25) is 5.88 Å². The van der Waals surface area contributed by atoms with Crippen molar-refractivity contribution in [3.8, 4) is 11.6 Å². The Kier molecular flexibility index (Phi) is 7.62. The van der Waals surface area contributed by atoms with Crippen LogP contribution in [0.15, 0.2) is 30.5 Å². The number of nitrogens with one attached hydrogen (secondary N) is 2. The second-order valence-electron chi connectivity index (χ2n) is 10.9. The molecule has 0 aromatic carbocycles. The van der Waals surface area contributed by atoms with Crippen LogP contribution in [0.3, 0.4) is 0 Å². The Bertz CT molecular complexity index is 1410.